The minimum absolute atomic E-state index is 0.0173. The lowest BCUT2D eigenvalue weighted by Crippen LogP contribution is -2.30. The first kappa shape index (κ1) is 12.9. The van der Waals surface area contributed by atoms with Gasteiger partial charge in [-0.15, -0.1) is 0 Å². The Kier molecular flexibility index (Phi) is 3.50. The van der Waals surface area contributed by atoms with Gasteiger partial charge in [-0.1, -0.05) is 30.3 Å². The Morgan fingerprint density at radius 1 is 1.05 bits per heavy atom. The van der Waals surface area contributed by atoms with E-state index in [4.69, 9.17) is 0 Å². The van der Waals surface area contributed by atoms with E-state index in [2.05, 4.69) is 12.1 Å². The van der Waals surface area contributed by atoms with Gasteiger partial charge in [0.2, 0.25) is 0 Å². The molecule has 0 unspecified atom stereocenters. The van der Waals surface area contributed by atoms with E-state index in [9.17, 15) is 9.18 Å². The molecule has 0 N–H and O–H groups in total. The summed E-state index contributed by atoms with van der Waals surface area (Å²) in [5, 5.41) is 0. The lowest BCUT2D eigenvalue weighted by atomic mass is 10.0. The van der Waals surface area contributed by atoms with Gasteiger partial charge in [-0.2, -0.15) is 0 Å². The summed E-state index contributed by atoms with van der Waals surface area (Å²) >= 11 is 0. The van der Waals surface area contributed by atoms with E-state index in [0.29, 0.717) is 5.56 Å². The van der Waals surface area contributed by atoms with Crippen LogP contribution in [0.1, 0.15) is 34.8 Å². The maximum atomic E-state index is 12.9. The second-order valence-corrected chi connectivity index (χ2v) is 5.07. The van der Waals surface area contributed by atoms with Crippen molar-refractivity contribution in [2.24, 2.45) is 0 Å². The van der Waals surface area contributed by atoms with Gasteiger partial charge in [0.15, 0.2) is 0 Å². The fourth-order valence-electron chi connectivity index (χ4n) is 2.79. The number of benzene rings is 2. The highest BCUT2D eigenvalue weighted by Gasteiger charge is 2.30. The predicted octanol–water partition coefficient (Wildman–Crippen LogP) is 3.80. The molecule has 0 spiro atoms. The minimum atomic E-state index is -0.317. The topological polar surface area (TPSA) is 20.3 Å². The van der Waals surface area contributed by atoms with Crippen LogP contribution < -0.4 is 0 Å². The number of carbonyl (C=O) groups is 1. The van der Waals surface area contributed by atoms with Crippen LogP contribution in [0.4, 0.5) is 4.39 Å². The van der Waals surface area contributed by atoms with Gasteiger partial charge >= 0.3 is 0 Å². The van der Waals surface area contributed by atoms with Crippen LogP contribution in [0.25, 0.3) is 0 Å². The molecule has 1 heterocycles. The maximum Gasteiger partial charge on any atom is 0.254 e. The Morgan fingerprint density at radius 2 is 1.75 bits per heavy atom. The van der Waals surface area contributed by atoms with Crippen molar-refractivity contribution < 1.29 is 9.18 Å². The highest BCUT2D eigenvalue weighted by atomic mass is 19.1. The Labute approximate surface area is 117 Å². The maximum absolute atomic E-state index is 12.9. The van der Waals surface area contributed by atoms with Gasteiger partial charge in [0.25, 0.3) is 5.91 Å². The number of likely N-dealkylation sites (tertiary alicyclic amines) is 1. The van der Waals surface area contributed by atoms with Crippen LogP contribution in [-0.2, 0) is 0 Å². The number of hydrogen-bond donors (Lipinski definition) is 0. The molecule has 0 saturated carbocycles. The quantitative estimate of drug-likeness (QED) is 0.812. The van der Waals surface area contributed by atoms with E-state index in [0.717, 1.165) is 19.4 Å². The summed E-state index contributed by atoms with van der Waals surface area (Å²) in [6, 6.07) is 16.0. The molecular formula is C17H16FNO. The molecule has 2 aromatic carbocycles. The molecule has 2 aromatic rings. The normalized spacial score (nSPS) is 18.2. The van der Waals surface area contributed by atoms with Crippen molar-refractivity contribution in [1.29, 1.82) is 0 Å². The zero-order valence-electron chi connectivity index (χ0n) is 11.1. The summed E-state index contributed by atoms with van der Waals surface area (Å²) in [7, 11) is 0. The fourth-order valence-corrected chi connectivity index (χ4v) is 2.79. The van der Waals surface area contributed by atoms with Crippen LogP contribution in [0.2, 0.25) is 0 Å². The summed E-state index contributed by atoms with van der Waals surface area (Å²) in [5.74, 6) is -0.334. The van der Waals surface area contributed by atoms with Crippen molar-refractivity contribution in [3.05, 3.63) is 71.5 Å². The average molecular weight is 269 g/mol. The van der Waals surface area contributed by atoms with Crippen LogP contribution >= 0.6 is 0 Å². The molecular weight excluding hydrogens is 253 g/mol. The monoisotopic (exact) mass is 269 g/mol. The second-order valence-electron chi connectivity index (χ2n) is 5.07. The Morgan fingerprint density at radius 3 is 2.45 bits per heavy atom. The van der Waals surface area contributed by atoms with Crippen molar-refractivity contribution >= 4 is 5.91 Å². The van der Waals surface area contributed by atoms with E-state index in [-0.39, 0.29) is 17.8 Å². The number of rotatable bonds is 2. The predicted molar refractivity (Wildman–Crippen MR) is 75.9 cm³/mol. The Hall–Kier alpha value is -2.16. The number of carbonyl (C=O) groups excluding carboxylic acids is 1. The number of amides is 1. The molecule has 1 atom stereocenters. The molecule has 0 aliphatic carbocycles. The first-order valence-corrected chi connectivity index (χ1v) is 6.87. The van der Waals surface area contributed by atoms with Gasteiger partial charge in [-0.25, -0.2) is 4.39 Å². The van der Waals surface area contributed by atoms with Crippen LogP contribution in [0.3, 0.4) is 0 Å². The van der Waals surface area contributed by atoms with Crippen LogP contribution in [0.5, 0.6) is 0 Å². The lowest BCUT2D eigenvalue weighted by Gasteiger charge is -2.25. The smallest absolute Gasteiger partial charge is 0.254 e. The Bertz CT molecular complexity index is 594. The largest absolute Gasteiger partial charge is 0.332 e. The highest BCUT2D eigenvalue weighted by Crippen LogP contribution is 2.32. The van der Waals surface area contributed by atoms with E-state index in [1.807, 2.05) is 23.1 Å². The molecule has 2 nitrogen and oxygen atoms in total. The van der Waals surface area contributed by atoms with Gasteiger partial charge in [0.1, 0.15) is 5.82 Å². The van der Waals surface area contributed by atoms with Gasteiger partial charge in [-0.05, 0) is 42.7 Å². The van der Waals surface area contributed by atoms with E-state index < -0.39 is 0 Å². The summed E-state index contributed by atoms with van der Waals surface area (Å²) in [5.41, 5.74) is 1.72. The van der Waals surface area contributed by atoms with E-state index >= 15 is 0 Å². The zero-order valence-corrected chi connectivity index (χ0v) is 11.1. The molecule has 20 heavy (non-hydrogen) atoms. The van der Waals surface area contributed by atoms with Gasteiger partial charge in [0, 0.05) is 12.1 Å². The summed E-state index contributed by atoms with van der Waals surface area (Å²) in [6.45, 7) is 0.760. The molecule has 0 radical (unpaired) electrons. The molecule has 102 valence electrons. The molecule has 1 saturated heterocycles. The molecule has 1 aliphatic heterocycles. The molecule has 3 heteroatoms. The highest BCUT2D eigenvalue weighted by molar-refractivity contribution is 5.94. The second kappa shape index (κ2) is 5.45. The van der Waals surface area contributed by atoms with E-state index in [1.54, 1.807) is 12.1 Å². The zero-order chi connectivity index (χ0) is 13.9. The minimum Gasteiger partial charge on any atom is -0.332 e. The molecule has 1 fully saturated rings. The molecule has 1 amide bonds. The third kappa shape index (κ3) is 2.44. The number of halogens is 1. The van der Waals surface area contributed by atoms with Crippen molar-refractivity contribution in [2.75, 3.05) is 6.54 Å². The van der Waals surface area contributed by atoms with Crippen LogP contribution in [0.15, 0.2) is 54.6 Å². The van der Waals surface area contributed by atoms with Crippen molar-refractivity contribution in [2.45, 2.75) is 18.9 Å². The SMILES string of the molecule is O=C(c1ccc(F)cc1)N1CCC[C@H]1c1ccccc1. The van der Waals surface area contributed by atoms with Crippen molar-refractivity contribution in [3.63, 3.8) is 0 Å². The summed E-state index contributed by atoms with van der Waals surface area (Å²) in [4.78, 5) is 14.4. The van der Waals surface area contributed by atoms with Crippen LogP contribution in [0, 0.1) is 5.82 Å². The first-order valence-electron chi connectivity index (χ1n) is 6.87. The summed E-state index contributed by atoms with van der Waals surface area (Å²) in [6.07, 6.45) is 1.99. The molecule has 0 aromatic heterocycles. The summed E-state index contributed by atoms with van der Waals surface area (Å²) < 4.78 is 12.9. The first-order chi connectivity index (χ1) is 9.75. The van der Waals surface area contributed by atoms with Crippen molar-refractivity contribution in [3.8, 4) is 0 Å². The lowest BCUT2D eigenvalue weighted by molar-refractivity contribution is 0.0735. The standard InChI is InChI=1S/C17H16FNO/c18-15-10-8-14(9-11-15)17(20)19-12-4-7-16(19)13-5-2-1-3-6-13/h1-3,5-6,8-11,16H,4,7,12H2/t16-/m0/s1. The molecule has 1 aliphatic rings. The average Bonchev–Trinajstić information content (AvgIpc) is 2.97. The van der Waals surface area contributed by atoms with E-state index in [1.165, 1.54) is 17.7 Å². The number of hydrogen-bond acceptors (Lipinski definition) is 1. The number of nitrogens with zero attached hydrogens (tertiary/aromatic N) is 1. The van der Waals surface area contributed by atoms with Gasteiger partial charge in [0.05, 0.1) is 6.04 Å². The van der Waals surface area contributed by atoms with Crippen LogP contribution in [-0.4, -0.2) is 17.4 Å². The molecule has 0 bridgehead atoms. The molecule has 3 rings (SSSR count). The van der Waals surface area contributed by atoms with Crippen molar-refractivity contribution in [1.82, 2.24) is 4.90 Å². The van der Waals surface area contributed by atoms with Gasteiger partial charge in [-0.3, -0.25) is 4.79 Å². The third-order valence-corrected chi connectivity index (χ3v) is 3.79. The fraction of sp³-hybridized carbons (Fsp3) is 0.235. The third-order valence-electron chi connectivity index (χ3n) is 3.79. The van der Waals surface area contributed by atoms with Gasteiger partial charge < -0.3 is 4.90 Å². The Balaban J connectivity index is 1.85.